The van der Waals surface area contributed by atoms with Gasteiger partial charge in [-0.05, 0) is 19.1 Å². The van der Waals surface area contributed by atoms with Crippen LogP contribution in [0, 0.1) is 22.7 Å². The summed E-state index contributed by atoms with van der Waals surface area (Å²) in [5, 5.41) is 16.4. The molecule has 126 valence electrons. The molecular formula is C16H15ClN2O5. The van der Waals surface area contributed by atoms with Crippen LogP contribution in [0.5, 0.6) is 11.5 Å². The zero-order valence-corrected chi connectivity index (χ0v) is 13.7. The number of halogens is 1. The van der Waals surface area contributed by atoms with Crippen LogP contribution in [0.3, 0.4) is 0 Å². The van der Waals surface area contributed by atoms with E-state index in [1.165, 1.54) is 19.1 Å². The molecule has 0 spiro atoms. The number of Topliss-reactive ketones (excluding diaryl/α,β-unsaturated/α-hetero) is 1. The number of esters is 1. The van der Waals surface area contributed by atoms with Crippen molar-refractivity contribution < 1.29 is 23.8 Å². The number of nitrogens with one attached hydrogen (secondary N) is 1. The van der Waals surface area contributed by atoms with Gasteiger partial charge in [0.05, 0.1) is 29.9 Å². The lowest BCUT2D eigenvalue weighted by atomic mass is 10.0. The number of hydrogen-bond acceptors (Lipinski definition) is 7. The molecule has 1 atom stereocenters. The van der Waals surface area contributed by atoms with Crippen LogP contribution in [-0.4, -0.2) is 37.3 Å². The highest BCUT2D eigenvalue weighted by Crippen LogP contribution is 2.38. The van der Waals surface area contributed by atoms with Crippen molar-refractivity contribution in [3.05, 3.63) is 22.7 Å². The van der Waals surface area contributed by atoms with Gasteiger partial charge >= 0.3 is 5.97 Å². The van der Waals surface area contributed by atoms with Crippen molar-refractivity contribution >= 4 is 29.1 Å². The Morgan fingerprint density at radius 1 is 1.42 bits per heavy atom. The number of rotatable bonds is 5. The molecule has 2 rings (SSSR count). The number of hydrogen-bond donors (Lipinski definition) is 1. The maximum atomic E-state index is 12.1. The Balaban J connectivity index is 2.09. The Hall–Kier alpha value is -2.59. The maximum absolute atomic E-state index is 12.1. The van der Waals surface area contributed by atoms with Crippen LogP contribution < -0.4 is 9.47 Å². The minimum atomic E-state index is -1.22. The summed E-state index contributed by atoms with van der Waals surface area (Å²) in [6.07, 6.45) is 0.692. The van der Waals surface area contributed by atoms with E-state index in [0.29, 0.717) is 31.1 Å². The fourth-order valence-electron chi connectivity index (χ4n) is 2.06. The van der Waals surface area contributed by atoms with Crippen LogP contribution in [0.2, 0.25) is 5.02 Å². The summed E-state index contributed by atoms with van der Waals surface area (Å²) in [5.41, 5.74) is 0.00862. The molecule has 1 aromatic rings. The topological polar surface area (TPSA) is 109 Å². The van der Waals surface area contributed by atoms with Gasteiger partial charge in [-0.3, -0.25) is 4.79 Å². The van der Waals surface area contributed by atoms with Crippen LogP contribution in [0.15, 0.2) is 12.1 Å². The van der Waals surface area contributed by atoms with Crippen LogP contribution in [0.4, 0.5) is 0 Å². The molecule has 8 heteroatoms. The van der Waals surface area contributed by atoms with E-state index in [2.05, 4.69) is 0 Å². The van der Waals surface area contributed by atoms with Crippen molar-refractivity contribution in [2.45, 2.75) is 13.3 Å². The normalized spacial score (nSPS) is 14.0. The highest BCUT2D eigenvalue weighted by molar-refractivity contribution is 6.32. The van der Waals surface area contributed by atoms with E-state index in [-0.39, 0.29) is 16.3 Å². The van der Waals surface area contributed by atoms with Gasteiger partial charge in [0.25, 0.3) is 0 Å². The number of benzene rings is 1. The summed E-state index contributed by atoms with van der Waals surface area (Å²) in [5.74, 6) is -1.95. The first-order chi connectivity index (χ1) is 11.4. The Labute approximate surface area is 143 Å². The fraction of sp³-hybridized carbons (Fsp3) is 0.375. The second-order valence-electron chi connectivity index (χ2n) is 5.12. The third-order valence-electron chi connectivity index (χ3n) is 3.27. The largest absolute Gasteiger partial charge is 0.489 e. The van der Waals surface area contributed by atoms with Crippen LogP contribution in [0.25, 0.3) is 0 Å². The van der Waals surface area contributed by atoms with Gasteiger partial charge in [0, 0.05) is 12.1 Å². The highest BCUT2D eigenvalue weighted by Gasteiger charge is 2.23. The van der Waals surface area contributed by atoms with E-state index in [9.17, 15) is 9.59 Å². The van der Waals surface area contributed by atoms with Gasteiger partial charge in [-0.2, -0.15) is 5.26 Å². The third kappa shape index (κ3) is 4.03. The monoisotopic (exact) mass is 350 g/mol. The van der Waals surface area contributed by atoms with Gasteiger partial charge < -0.3 is 19.6 Å². The van der Waals surface area contributed by atoms with Crippen molar-refractivity contribution in [2.75, 3.05) is 19.8 Å². The van der Waals surface area contributed by atoms with Crippen LogP contribution in [-0.2, 0) is 9.53 Å². The molecule has 1 aromatic carbocycles. The minimum absolute atomic E-state index is 0.0998. The van der Waals surface area contributed by atoms with E-state index in [0.717, 1.165) is 0 Å². The van der Waals surface area contributed by atoms with Gasteiger partial charge in [0.2, 0.25) is 0 Å². The van der Waals surface area contributed by atoms with Crippen molar-refractivity contribution in [3.63, 3.8) is 0 Å². The van der Waals surface area contributed by atoms with Gasteiger partial charge in [0.1, 0.15) is 5.92 Å². The number of carbonyl (C=O) groups is 2. The van der Waals surface area contributed by atoms with Gasteiger partial charge in [0.15, 0.2) is 23.9 Å². The molecule has 0 aliphatic carbocycles. The summed E-state index contributed by atoms with van der Waals surface area (Å²) in [7, 11) is 0. The third-order valence-corrected chi connectivity index (χ3v) is 3.55. The first-order valence-corrected chi connectivity index (χ1v) is 7.55. The van der Waals surface area contributed by atoms with Gasteiger partial charge in [-0.15, -0.1) is 0 Å². The fourth-order valence-corrected chi connectivity index (χ4v) is 2.33. The standard InChI is InChI=1S/C16H15ClN2O5/c1-9(19)11(7-18)13(20)8-24-16(21)10-5-12(17)15-14(6-10)22-3-2-4-23-15/h5-6,11,19H,2-4,8H2,1H3. The van der Waals surface area contributed by atoms with E-state index < -0.39 is 24.3 Å². The van der Waals surface area contributed by atoms with Crippen molar-refractivity contribution in [2.24, 2.45) is 5.92 Å². The van der Waals surface area contributed by atoms with E-state index in [1.807, 2.05) is 0 Å². The molecule has 7 nitrogen and oxygen atoms in total. The summed E-state index contributed by atoms with van der Waals surface area (Å²) in [4.78, 5) is 23.9. The molecule has 0 radical (unpaired) electrons. The molecule has 1 heterocycles. The summed E-state index contributed by atoms with van der Waals surface area (Å²) >= 11 is 6.09. The Kier molecular flexibility index (Phi) is 5.77. The SMILES string of the molecule is CC(=N)C(C#N)C(=O)COC(=O)c1cc(Cl)c2c(c1)OCCCO2. The smallest absolute Gasteiger partial charge is 0.338 e. The molecule has 0 fully saturated rings. The molecular weight excluding hydrogens is 336 g/mol. The molecule has 0 saturated carbocycles. The number of fused-ring (bicyclic) bond motifs is 1. The van der Waals surface area contributed by atoms with Crippen LogP contribution in [0.1, 0.15) is 23.7 Å². The van der Waals surface area contributed by atoms with E-state index in [1.54, 1.807) is 6.07 Å². The number of ketones is 1. The average Bonchev–Trinajstić information content (AvgIpc) is 2.78. The molecule has 1 unspecified atom stereocenters. The number of carbonyl (C=O) groups excluding carboxylic acids is 2. The van der Waals surface area contributed by atoms with Gasteiger partial charge in [-0.1, -0.05) is 11.6 Å². The second-order valence-corrected chi connectivity index (χ2v) is 5.53. The van der Waals surface area contributed by atoms with Crippen molar-refractivity contribution in [1.82, 2.24) is 0 Å². The molecule has 1 aliphatic rings. The van der Waals surface area contributed by atoms with Crippen molar-refractivity contribution in [1.29, 1.82) is 10.7 Å². The molecule has 1 aliphatic heterocycles. The summed E-state index contributed by atoms with van der Waals surface area (Å²) in [6, 6.07) is 4.50. The minimum Gasteiger partial charge on any atom is -0.489 e. The predicted molar refractivity (Wildman–Crippen MR) is 84.9 cm³/mol. The zero-order valence-electron chi connectivity index (χ0n) is 12.9. The Morgan fingerprint density at radius 3 is 2.79 bits per heavy atom. The number of nitrogens with zero attached hydrogens (tertiary/aromatic N) is 1. The zero-order chi connectivity index (χ0) is 17.7. The predicted octanol–water partition coefficient (Wildman–Crippen LogP) is 2.41. The lowest BCUT2D eigenvalue weighted by Gasteiger charge is -2.12. The maximum Gasteiger partial charge on any atom is 0.338 e. The number of nitriles is 1. The van der Waals surface area contributed by atoms with E-state index >= 15 is 0 Å². The average molecular weight is 351 g/mol. The Morgan fingerprint density at radius 2 is 2.12 bits per heavy atom. The first kappa shape index (κ1) is 17.8. The second kappa shape index (κ2) is 7.79. The molecule has 1 N–H and O–H groups in total. The number of ether oxygens (including phenoxy) is 3. The lowest BCUT2D eigenvalue weighted by Crippen LogP contribution is -2.25. The molecule has 0 amide bonds. The molecule has 0 aromatic heterocycles. The quantitative estimate of drug-likeness (QED) is 0.645. The van der Waals surface area contributed by atoms with Gasteiger partial charge in [-0.25, -0.2) is 4.79 Å². The summed E-state index contributed by atoms with van der Waals surface area (Å²) in [6.45, 7) is 1.64. The molecule has 0 bridgehead atoms. The molecule has 24 heavy (non-hydrogen) atoms. The summed E-state index contributed by atoms with van der Waals surface area (Å²) < 4.78 is 15.8. The first-order valence-electron chi connectivity index (χ1n) is 7.17. The van der Waals surface area contributed by atoms with Crippen molar-refractivity contribution in [3.8, 4) is 17.6 Å². The Bertz CT molecular complexity index is 726. The highest BCUT2D eigenvalue weighted by atomic mass is 35.5. The van der Waals surface area contributed by atoms with Crippen LogP contribution >= 0.6 is 11.6 Å². The molecule has 0 saturated heterocycles. The van der Waals surface area contributed by atoms with E-state index in [4.69, 9.17) is 36.5 Å². The lowest BCUT2D eigenvalue weighted by molar-refractivity contribution is -0.122.